The fourth-order valence-electron chi connectivity index (χ4n) is 4.32. The number of aromatic amines is 1. The molecule has 188 valence electrons. The Kier molecular flexibility index (Phi) is 5.73. The molecule has 4 N–H and O–H groups in total. The van der Waals surface area contributed by atoms with Gasteiger partial charge in [-0.3, -0.25) is 14.0 Å². The number of rotatable bonds is 7. The third-order valence-electron chi connectivity index (χ3n) is 6.16. The van der Waals surface area contributed by atoms with Crippen LogP contribution in [0.5, 0.6) is 0 Å². The average Bonchev–Trinajstić information content (AvgIpc) is 3.65. The number of anilines is 3. The van der Waals surface area contributed by atoms with Crippen molar-refractivity contribution in [2.24, 2.45) is 7.05 Å². The second-order valence-corrected chi connectivity index (χ2v) is 8.73. The van der Waals surface area contributed by atoms with Crippen LogP contribution in [-0.4, -0.2) is 71.4 Å². The van der Waals surface area contributed by atoms with Crippen molar-refractivity contribution in [2.75, 3.05) is 41.7 Å². The molecule has 0 atom stereocenters. The topological polar surface area (TPSA) is 146 Å². The Balaban J connectivity index is 1.32. The molecule has 1 fully saturated rings. The molecule has 0 saturated carbocycles. The van der Waals surface area contributed by atoms with Gasteiger partial charge in [-0.1, -0.05) is 6.58 Å². The van der Waals surface area contributed by atoms with Crippen molar-refractivity contribution in [1.82, 2.24) is 44.6 Å². The molecule has 0 aliphatic carbocycles. The summed E-state index contributed by atoms with van der Waals surface area (Å²) in [5.41, 5.74) is 4.51. The van der Waals surface area contributed by atoms with Gasteiger partial charge in [0.1, 0.15) is 12.2 Å². The minimum absolute atomic E-state index is 0.264. The van der Waals surface area contributed by atoms with E-state index in [2.05, 4.69) is 47.5 Å². The molecule has 37 heavy (non-hydrogen) atoms. The summed E-state index contributed by atoms with van der Waals surface area (Å²) in [6.07, 6.45) is 6.67. The first-order chi connectivity index (χ1) is 18.1. The van der Waals surface area contributed by atoms with Crippen molar-refractivity contribution < 1.29 is 4.79 Å². The molecule has 1 saturated heterocycles. The second-order valence-electron chi connectivity index (χ2n) is 8.73. The molecule has 0 radical (unpaired) electrons. The normalized spacial score (nSPS) is 13.8. The van der Waals surface area contributed by atoms with Gasteiger partial charge in [0.2, 0.25) is 11.9 Å². The van der Waals surface area contributed by atoms with Crippen molar-refractivity contribution in [1.29, 1.82) is 0 Å². The van der Waals surface area contributed by atoms with Crippen LogP contribution in [-0.2, 0) is 18.4 Å². The highest BCUT2D eigenvalue weighted by molar-refractivity contribution is 6.00. The smallest absolute Gasteiger partial charge is 0.247 e. The number of benzene rings is 1. The molecule has 0 bridgehead atoms. The van der Waals surface area contributed by atoms with Gasteiger partial charge in [0.25, 0.3) is 0 Å². The summed E-state index contributed by atoms with van der Waals surface area (Å²) in [6.45, 7) is 7.27. The van der Waals surface area contributed by atoms with Crippen LogP contribution in [0.1, 0.15) is 5.82 Å². The quantitative estimate of drug-likeness (QED) is 0.246. The number of hydrogen-bond donors (Lipinski definition) is 4. The summed E-state index contributed by atoms with van der Waals surface area (Å²) in [7, 11) is 1.88. The summed E-state index contributed by atoms with van der Waals surface area (Å²) in [5, 5.41) is 13.8. The molecule has 6 rings (SSSR count). The van der Waals surface area contributed by atoms with Crippen LogP contribution in [0.15, 0.2) is 49.6 Å². The SMILES string of the molecule is C=CC(=O)Nc1ccc2nc(CNc3nc(N4CCNCC4)nc4c3ncn4-c3cnn(C)c3)[nH]c2c1. The molecule has 5 heterocycles. The Morgan fingerprint density at radius 3 is 2.86 bits per heavy atom. The van der Waals surface area contributed by atoms with Gasteiger partial charge in [0.15, 0.2) is 17.0 Å². The van der Waals surface area contributed by atoms with Gasteiger partial charge in [-0.05, 0) is 24.3 Å². The third kappa shape index (κ3) is 4.47. The summed E-state index contributed by atoms with van der Waals surface area (Å²) in [6, 6.07) is 5.50. The molecule has 13 nitrogen and oxygen atoms in total. The minimum Gasteiger partial charge on any atom is -0.361 e. The summed E-state index contributed by atoms with van der Waals surface area (Å²) in [5.74, 6) is 1.74. The van der Waals surface area contributed by atoms with Crippen LogP contribution in [0.2, 0.25) is 0 Å². The number of hydrogen-bond acceptors (Lipinski definition) is 9. The molecule has 1 aliphatic heterocycles. The van der Waals surface area contributed by atoms with Gasteiger partial charge in [-0.2, -0.15) is 15.1 Å². The van der Waals surface area contributed by atoms with Crippen molar-refractivity contribution in [3.05, 3.63) is 55.4 Å². The van der Waals surface area contributed by atoms with Gasteiger partial charge in [0.05, 0.1) is 29.5 Å². The number of amides is 1. The highest BCUT2D eigenvalue weighted by Crippen LogP contribution is 2.26. The average molecular weight is 499 g/mol. The Morgan fingerprint density at radius 2 is 2.08 bits per heavy atom. The number of aromatic nitrogens is 8. The maximum absolute atomic E-state index is 11.6. The van der Waals surface area contributed by atoms with Crippen LogP contribution in [0, 0.1) is 0 Å². The summed E-state index contributed by atoms with van der Waals surface area (Å²) in [4.78, 5) is 36.1. The first-order valence-electron chi connectivity index (χ1n) is 11.9. The van der Waals surface area contributed by atoms with Gasteiger partial charge in [0, 0.05) is 45.1 Å². The zero-order valence-corrected chi connectivity index (χ0v) is 20.3. The molecule has 13 heteroatoms. The number of nitrogens with one attached hydrogen (secondary N) is 4. The number of H-pyrrole nitrogens is 1. The number of aryl methyl sites for hydroxylation is 1. The summed E-state index contributed by atoms with van der Waals surface area (Å²) >= 11 is 0. The first kappa shape index (κ1) is 22.7. The summed E-state index contributed by atoms with van der Waals surface area (Å²) < 4.78 is 3.66. The van der Waals surface area contributed by atoms with E-state index in [1.54, 1.807) is 23.3 Å². The van der Waals surface area contributed by atoms with Crippen LogP contribution < -0.4 is 20.9 Å². The van der Waals surface area contributed by atoms with E-state index in [0.717, 1.165) is 48.7 Å². The van der Waals surface area contributed by atoms with Crippen LogP contribution in [0.3, 0.4) is 0 Å². The lowest BCUT2D eigenvalue weighted by atomic mass is 10.3. The zero-order valence-electron chi connectivity index (χ0n) is 20.3. The molecule has 1 amide bonds. The zero-order chi connectivity index (χ0) is 25.4. The molecule has 4 aromatic heterocycles. The van der Waals surface area contributed by atoms with E-state index in [-0.39, 0.29) is 5.91 Å². The standard InChI is InChI=1S/C24H26N12O/c1-3-20(37)29-15-4-5-17-18(10-15)31-19(30-17)12-26-22-21-23(33-24(32-22)35-8-6-25-7-9-35)36(14-27-21)16-11-28-34(2)13-16/h3-5,10-11,13-14,25H,1,6-9,12H2,2H3,(H,29,37)(H,30,31)(H,26,32,33). The molecule has 5 aromatic rings. The largest absolute Gasteiger partial charge is 0.361 e. The number of piperazine rings is 1. The first-order valence-corrected chi connectivity index (χ1v) is 11.9. The maximum atomic E-state index is 11.6. The van der Waals surface area contributed by atoms with Crippen molar-refractivity contribution in [3.63, 3.8) is 0 Å². The lowest BCUT2D eigenvalue weighted by Gasteiger charge is -2.27. The highest BCUT2D eigenvalue weighted by Gasteiger charge is 2.20. The monoisotopic (exact) mass is 498 g/mol. The molecular formula is C24H26N12O. The highest BCUT2D eigenvalue weighted by atomic mass is 16.1. The Labute approximate surface area is 211 Å². The fraction of sp³-hybridized carbons (Fsp3) is 0.250. The predicted molar refractivity (Wildman–Crippen MR) is 141 cm³/mol. The van der Waals surface area contributed by atoms with E-state index in [9.17, 15) is 4.79 Å². The minimum atomic E-state index is -0.264. The van der Waals surface area contributed by atoms with Gasteiger partial charge >= 0.3 is 0 Å². The molecular weight excluding hydrogens is 472 g/mol. The van der Waals surface area contributed by atoms with Crippen molar-refractivity contribution in [3.8, 4) is 5.69 Å². The van der Waals surface area contributed by atoms with Crippen LogP contribution in [0.4, 0.5) is 17.5 Å². The lowest BCUT2D eigenvalue weighted by Crippen LogP contribution is -2.44. The Morgan fingerprint density at radius 1 is 1.22 bits per heavy atom. The van der Waals surface area contributed by atoms with E-state index < -0.39 is 0 Å². The van der Waals surface area contributed by atoms with E-state index >= 15 is 0 Å². The lowest BCUT2D eigenvalue weighted by molar-refractivity contribution is -0.111. The van der Waals surface area contributed by atoms with Gasteiger partial charge < -0.3 is 25.8 Å². The molecule has 0 unspecified atom stereocenters. The van der Waals surface area contributed by atoms with E-state index in [4.69, 9.17) is 9.97 Å². The van der Waals surface area contributed by atoms with Crippen LogP contribution >= 0.6 is 0 Å². The molecule has 1 aliphatic rings. The van der Waals surface area contributed by atoms with E-state index in [1.807, 2.05) is 29.9 Å². The number of imidazole rings is 2. The van der Waals surface area contributed by atoms with Crippen LogP contribution in [0.25, 0.3) is 27.9 Å². The maximum Gasteiger partial charge on any atom is 0.247 e. The fourth-order valence-corrected chi connectivity index (χ4v) is 4.32. The molecule has 1 aromatic carbocycles. The van der Waals surface area contributed by atoms with Crippen molar-refractivity contribution >= 4 is 45.6 Å². The van der Waals surface area contributed by atoms with E-state index in [0.29, 0.717) is 35.2 Å². The number of nitrogens with zero attached hydrogens (tertiary/aromatic N) is 8. The third-order valence-corrected chi connectivity index (χ3v) is 6.16. The second kappa shape index (κ2) is 9.35. The Hall–Kier alpha value is -4.78. The molecule has 0 spiro atoms. The van der Waals surface area contributed by atoms with Crippen molar-refractivity contribution in [2.45, 2.75) is 6.54 Å². The Bertz CT molecular complexity index is 1610. The van der Waals surface area contributed by atoms with Gasteiger partial charge in [-0.15, -0.1) is 0 Å². The van der Waals surface area contributed by atoms with Gasteiger partial charge in [-0.25, -0.2) is 9.97 Å². The number of carbonyl (C=O) groups is 1. The predicted octanol–water partition coefficient (Wildman–Crippen LogP) is 1.57. The number of carbonyl (C=O) groups excluding carboxylic acids is 1. The van der Waals surface area contributed by atoms with E-state index in [1.165, 1.54) is 6.08 Å². The number of fused-ring (bicyclic) bond motifs is 2.